The number of nitrogens with zero attached hydrogens (tertiary/aromatic N) is 7. The molecule has 6 aromatic rings. The van der Waals surface area contributed by atoms with E-state index < -0.39 is 0 Å². The Labute approximate surface area is 267 Å². The second-order valence-corrected chi connectivity index (χ2v) is 9.66. The Kier molecular flexibility index (Phi) is 12.9. The summed E-state index contributed by atoms with van der Waals surface area (Å²) in [7, 11) is 1.54. The van der Waals surface area contributed by atoms with Crippen LogP contribution in [0.2, 0.25) is 0 Å². The molecule has 0 radical (unpaired) electrons. The first-order valence-electron chi connectivity index (χ1n) is 13.9. The Morgan fingerprint density at radius 1 is 0.739 bits per heavy atom. The lowest BCUT2D eigenvalue weighted by molar-refractivity contribution is 0.240. The van der Waals surface area contributed by atoms with Crippen molar-refractivity contribution in [3.63, 3.8) is 0 Å². The van der Waals surface area contributed by atoms with E-state index in [1.807, 2.05) is 18.2 Å². The highest BCUT2D eigenvalue weighted by Gasteiger charge is 2.16. The van der Waals surface area contributed by atoms with Gasteiger partial charge in [0.15, 0.2) is 11.6 Å². The molecule has 0 aliphatic heterocycles. The molecule has 238 valence electrons. The highest BCUT2D eigenvalue weighted by atomic mass is 19.1. The summed E-state index contributed by atoms with van der Waals surface area (Å²) in [5, 5.41) is 13.9. The molecule has 0 fully saturated rings. The van der Waals surface area contributed by atoms with Gasteiger partial charge in [0.25, 0.3) is 0 Å². The van der Waals surface area contributed by atoms with Gasteiger partial charge in [-0.15, -0.1) is 5.10 Å². The Morgan fingerprint density at radius 2 is 1.28 bits per heavy atom. The topological polar surface area (TPSA) is 127 Å². The second-order valence-electron chi connectivity index (χ2n) is 9.66. The van der Waals surface area contributed by atoms with Gasteiger partial charge >= 0.3 is 6.03 Å². The number of hydrogen-bond acceptors (Lipinski definition) is 7. The average Bonchev–Trinajstić information content (AvgIpc) is 3.73. The van der Waals surface area contributed by atoms with Crippen LogP contribution < -0.4 is 5.32 Å². The molecule has 2 N–H and O–H groups in total. The molecule has 4 heterocycles. The molecule has 10 nitrogen and oxygen atoms in total. The molecule has 0 aliphatic carbocycles. The SMILES string of the molecule is C.C.CNC(=O)n1nc(-c2cccnc2)nc1CCc1ccc(F)cc1.Fc1ccc(CCc2nc(-c3cccnc3)n[nH]2)cc1. The number of aryl methyl sites for hydroxylation is 4. The number of nitrogens with one attached hydrogen (secondary N) is 2. The first-order chi connectivity index (χ1) is 21.5. The van der Waals surface area contributed by atoms with Crippen molar-refractivity contribution < 1.29 is 13.6 Å². The Hall–Kier alpha value is -5.65. The number of carbonyl (C=O) groups is 1. The summed E-state index contributed by atoms with van der Waals surface area (Å²) in [5.41, 5.74) is 3.66. The van der Waals surface area contributed by atoms with Crippen molar-refractivity contribution in [2.45, 2.75) is 40.5 Å². The predicted molar refractivity (Wildman–Crippen MR) is 174 cm³/mol. The third kappa shape index (κ3) is 9.42. The molecule has 6 rings (SSSR count). The van der Waals surface area contributed by atoms with Crippen LogP contribution >= 0.6 is 0 Å². The van der Waals surface area contributed by atoms with Gasteiger partial charge in [-0.3, -0.25) is 15.1 Å². The van der Waals surface area contributed by atoms with E-state index in [4.69, 9.17) is 0 Å². The van der Waals surface area contributed by atoms with Gasteiger partial charge in [-0.1, -0.05) is 39.1 Å². The summed E-state index contributed by atoms with van der Waals surface area (Å²) in [4.78, 5) is 29.0. The number of aromatic amines is 1. The summed E-state index contributed by atoms with van der Waals surface area (Å²) in [6.45, 7) is 0. The van der Waals surface area contributed by atoms with Gasteiger partial charge in [-0.2, -0.15) is 9.78 Å². The highest BCUT2D eigenvalue weighted by Crippen LogP contribution is 2.16. The van der Waals surface area contributed by atoms with Crippen LogP contribution in [0.5, 0.6) is 0 Å². The van der Waals surface area contributed by atoms with E-state index in [-0.39, 0.29) is 32.5 Å². The van der Waals surface area contributed by atoms with Gasteiger partial charge in [-0.05, 0) is 72.5 Å². The van der Waals surface area contributed by atoms with Crippen molar-refractivity contribution in [3.05, 3.63) is 132 Å². The van der Waals surface area contributed by atoms with E-state index in [1.54, 1.807) is 55.1 Å². The van der Waals surface area contributed by atoms with Crippen LogP contribution in [0.1, 0.15) is 37.6 Å². The van der Waals surface area contributed by atoms with Gasteiger partial charge in [0, 0.05) is 55.8 Å². The van der Waals surface area contributed by atoms with E-state index in [2.05, 4.69) is 40.5 Å². The molecule has 12 heteroatoms. The number of rotatable bonds is 8. The lowest BCUT2D eigenvalue weighted by Gasteiger charge is -2.04. The summed E-state index contributed by atoms with van der Waals surface area (Å²) in [6.07, 6.45) is 9.41. The minimum Gasteiger partial charge on any atom is -0.339 e. The van der Waals surface area contributed by atoms with Crippen molar-refractivity contribution in [3.8, 4) is 22.8 Å². The first kappa shape index (κ1) is 34.8. The maximum Gasteiger partial charge on any atom is 0.343 e. The smallest absolute Gasteiger partial charge is 0.339 e. The number of benzene rings is 2. The molecule has 1 amide bonds. The van der Waals surface area contributed by atoms with Crippen molar-refractivity contribution in [2.75, 3.05) is 7.05 Å². The van der Waals surface area contributed by atoms with Crippen LogP contribution in [0.25, 0.3) is 22.8 Å². The zero-order chi connectivity index (χ0) is 30.7. The Balaban J connectivity index is 0.000000243. The molecular formula is C34H37F2N9O. The molecule has 0 bridgehead atoms. The number of carbonyl (C=O) groups excluding carboxylic acids is 1. The number of pyridine rings is 2. The van der Waals surface area contributed by atoms with E-state index >= 15 is 0 Å². The fourth-order valence-corrected chi connectivity index (χ4v) is 4.24. The standard InChI is InChI=1S/C17H16FN5O.C15H13FN4.2CH4/c1-19-17(24)23-15(9-6-12-4-7-14(18)8-5-12)21-16(22-23)13-3-2-10-20-11-13;16-13-6-3-11(4-7-13)5-8-14-18-15(20-19-14)12-2-1-9-17-10-12;;/h2-5,7-8,10-11H,6,9H2,1H3,(H,19,24);1-4,6-7,9-10H,5,8H2,(H,18,19,20);2*1H4. The minimum atomic E-state index is -0.355. The zero-order valence-electron chi connectivity index (χ0n) is 23.9. The number of aromatic nitrogens is 8. The van der Waals surface area contributed by atoms with Gasteiger partial charge in [-0.25, -0.2) is 23.5 Å². The van der Waals surface area contributed by atoms with Crippen LogP contribution in [0, 0.1) is 11.6 Å². The summed E-state index contributed by atoms with van der Waals surface area (Å²) < 4.78 is 27.0. The molecule has 0 saturated heterocycles. The number of H-pyrrole nitrogens is 1. The van der Waals surface area contributed by atoms with Crippen LogP contribution in [-0.4, -0.2) is 53.0 Å². The quantitative estimate of drug-likeness (QED) is 0.197. The third-order valence-corrected chi connectivity index (χ3v) is 6.57. The largest absolute Gasteiger partial charge is 0.343 e. The monoisotopic (exact) mass is 625 g/mol. The number of halogens is 2. The maximum absolute atomic E-state index is 13.0. The van der Waals surface area contributed by atoms with Crippen molar-refractivity contribution in [1.29, 1.82) is 0 Å². The molecule has 2 aromatic carbocycles. The summed E-state index contributed by atoms with van der Waals surface area (Å²) in [6, 6.07) is 19.8. The van der Waals surface area contributed by atoms with Crippen molar-refractivity contribution in [1.82, 2.24) is 45.2 Å². The predicted octanol–water partition coefficient (Wildman–Crippen LogP) is 6.52. The van der Waals surface area contributed by atoms with Crippen LogP contribution in [0.4, 0.5) is 13.6 Å². The van der Waals surface area contributed by atoms with Gasteiger partial charge in [0.1, 0.15) is 23.3 Å². The molecule has 0 unspecified atom stereocenters. The van der Waals surface area contributed by atoms with Gasteiger partial charge in [0.05, 0.1) is 0 Å². The molecule has 0 aliphatic rings. The summed E-state index contributed by atoms with van der Waals surface area (Å²) >= 11 is 0. The third-order valence-electron chi connectivity index (χ3n) is 6.57. The van der Waals surface area contributed by atoms with E-state index in [9.17, 15) is 13.6 Å². The lowest BCUT2D eigenvalue weighted by atomic mass is 10.1. The first-order valence-corrected chi connectivity index (χ1v) is 13.9. The van der Waals surface area contributed by atoms with Crippen molar-refractivity contribution >= 4 is 6.03 Å². The molecule has 0 atom stereocenters. The van der Waals surface area contributed by atoms with E-state index in [1.165, 1.54) is 36.0 Å². The lowest BCUT2D eigenvalue weighted by Crippen LogP contribution is -2.27. The van der Waals surface area contributed by atoms with Gasteiger partial charge < -0.3 is 5.32 Å². The fraction of sp³-hybridized carbons (Fsp3) is 0.206. The molecule has 46 heavy (non-hydrogen) atoms. The normalized spacial score (nSPS) is 10.2. The molecule has 4 aromatic heterocycles. The minimum absolute atomic E-state index is 0. The highest BCUT2D eigenvalue weighted by molar-refractivity contribution is 5.76. The molecule has 0 spiro atoms. The number of amides is 1. The van der Waals surface area contributed by atoms with E-state index in [0.717, 1.165) is 40.9 Å². The molecule has 0 saturated carbocycles. The van der Waals surface area contributed by atoms with Crippen LogP contribution in [0.3, 0.4) is 0 Å². The van der Waals surface area contributed by atoms with Crippen LogP contribution in [0.15, 0.2) is 97.6 Å². The van der Waals surface area contributed by atoms with E-state index in [0.29, 0.717) is 30.3 Å². The van der Waals surface area contributed by atoms with Crippen molar-refractivity contribution in [2.24, 2.45) is 0 Å². The fourth-order valence-electron chi connectivity index (χ4n) is 4.24. The maximum atomic E-state index is 13.0. The summed E-state index contributed by atoms with van der Waals surface area (Å²) in [5.74, 6) is 1.96. The Bertz CT molecular complexity index is 1770. The van der Waals surface area contributed by atoms with Crippen LogP contribution in [-0.2, 0) is 25.7 Å². The molecular weight excluding hydrogens is 588 g/mol. The average molecular weight is 626 g/mol. The number of hydrogen-bond donors (Lipinski definition) is 2. The van der Waals surface area contributed by atoms with Gasteiger partial charge in [0.2, 0.25) is 0 Å². The second kappa shape index (κ2) is 17.0. The zero-order valence-corrected chi connectivity index (χ0v) is 23.9. The Morgan fingerprint density at radius 3 is 1.80 bits per heavy atom.